The van der Waals surface area contributed by atoms with Crippen LogP contribution in [0.5, 0.6) is 0 Å². The SMILES string of the molecule is CN1CCN(C(=O)NCc2cn(Cc3cccc4ccccc34)c(SCc3ccccc3C(=O)O)n2)CC1. The number of benzene rings is 3. The minimum Gasteiger partial charge on any atom is -0.478 e. The van der Waals surface area contributed by atoms with Crippen LogP contribution in [-0.2, 0) is 18.8 Å². The standard InChI is InChI=1S/C29H31N5O3S/c1-32-13-15-33(16-14-32)28(37)30-17-24-19-34(18-22-10-6-9-21-7-2-4-11-25(21)22)29(31-24)38-20-23-8-3-5-12-26(23)27(35)36/h2-12,19H,13-18,20H2,1H3,(H,30,37)(H,35,36). The molecule has 0 atom stereocenters. The second kappa shape index (κ2) is 11.7. The van der Waals surface area contributed by atoms with Crippen molar-refractivity contribution < 1.29 is 14.7 Å². The summed E-state index contributed by atoms with van der Waals surface area (Å²) in [6.45, 7) is 4.10. The van der Waals surface area contributed by atoms with Crippen LogP contribution < -0.4 is 5.32 Å². The third-order valence-corrected chi connectivity index (χ3v) is 7.87. The van der Waals surface area contributed by atoms with E-state index < -0.39 is 5.97 Å². The molecule has 0 saturated carbocycles. The lowest BCUT2D eigenvalue weighted by molar-refractivity contribution is 0.0696. The fourth-order valence-corrected chi connectivity index (χ4v) is 5.66. The van der Waals surface area contributed by atoms with Gasteiger partial charge in [0.2, 0.25) is 0 Å². The van der Waals surface area contributed by atoms with E-state index in [-0.39, 0.29) is 6.03 Å². The van der Waals surface area contributed by atoms with Crippen LogP contribution in [0.15, 0.2) is 78.1 Å². The highest BCUT2D eigenvalue weighted by Gasteiger charge is 2.20. The number of carbonyl (C=O) groups is 2. The Morgan fingerprint density at radius 1 is 0.947 bits per heavy atom. The van der Waals surface area contributed by atoms with Crippen LogP contribution in [0.25, 0.3) is 10.8 Å². The van der Waals surface area contributed by atoms with Crippen molar-refractivity contribution in [3.8, 4) is 0 Å². The number of nitrogens with zero attached hydrogens (tertiary/aromatic N) is 4. The molecule has 3 aromatic carbocycles. The van der Waals surface area contributed by atoms with Gasteiger partial charge in [0.05, 0.1) is 24.3 Å². The van der Waals surface area contributed by atoms with E-state index in [1.807, 2.05) is 35.4 Å². The van der Waals surface area contributed by atoms with E-state index in [0.29, 0.717) is 37.5 Å². The molecule has 5 rings (SSSR count). The second-order valence-corrected chi connectivity index (χ2v) is 10.4. The highest BCUT2D eigenvalue weighted by atomic mass is 32.2. The molecule has 1 saturated heterocycles. The summed E-state index contributed by atoms with van der Waals surface area (Å²) in [5.74, 6) is -0.463. The largest absolute Gasteiger partial charge is 0.478 e. The Hall–Kier alpha value is -3.82. The van der Waals surface area contributed by atoms with Gasteiger partial charge in [-0.1, -0.05) is 72.4 Å². The smallest absolute Gasteiger partial charge is 0.335 e. The molecule has 9 heteroatoms. The number of imidazole rings is 1. The molecular formula is C29H31N5O3S. The first-order chi connectivity index (χ1) is 18.5. The van der Waals surface area contributed by atoms with Gasteiger partial charge in [0.25, 0.3) is 0 Å². The Balaban J connectivity index is 1.37. The van der Waals surface area contributed by atoms with E-state index in [4.69, 9.17) is 4.98 Å². The average molecular weight is 530 g/mol. The van der Waals surface area contributed by atoms with Crippen molar-refractivity contribution >= 4 is 34.5 Å². The number of amides is 2. The third-order valence-electron chi connectivity index (χ3n) is 6.83. The van der Waals surface area contributed by atoms with Crippen LogP contribution in [0.3, 0.4) is 0 Å². The fraction of sp³-hybridized carbons (Fsp3) is 0.276. The molecule has 0 unspecified atom stereocenters. The van der Waals surface area contributed by atoms with Crippen LogP contribution in [0, 0.1) is 0 Å². The predicted molar refractivity (Wildman–Crippen MR) is 150 cm³/mol. The summed E-state index contributed by atoms with van der Waals surface area (Å²) in [6.07, 6.45) is 1.98. The Morgan fingerprint density at radius 3 is 2.47 bits per heavy atom. The zero-order valence-electron chi connectivity index (χ0n) is 21.3. The van der Waals surface area contributed by atoms with Gasteiger partial charge in [-0.2, -0.15) is 0 Å². The molecule has 1 fully saturated rings. The molecule has 0 spiro atoms. The average Bonchev–Trinajstić information content (AvgIpc) is 3.32. The summed E-state index contributed by atoms with van der Waals surface area (Å²) in [6, 6.07) is 21.5. The number of fused-ring (bicyclic) bond motifs is 1. The third kappa shape index (κ3) is 6.00. The number of piperazine rings is 1. The van der Waals surface area contributed by atoms with Crippen LogP contribution >= 0.6 is 11.8 Å². The Labute approximate surface area is 226 Å². The Kier molecular flexibility index (Phi) is 7.95. The number of aromatic carboxylic acids is 1. The molecule has 8 nitrogen and oxygen atoms in total. The number of urea groups is 1. The maximum absolute atomic E-state index is 12.7. The van der Waals surface area contributed by atoms with E-state index in [0.717, 1.165) is 29.5 Å². The summed E-state index contributed by atoms with van der Waals surface area (Å²) in [7, 11) is 2.06. The summed E-state index contributed by atoms with van der Waals surface area (Å²) in [4.78, 5) is 33.3. The zero-order valence-corrected chi connectivity index (χ0v) is 22.2. The number of carboxylic acid groups (broad SMARTS) is 1. The van der Waals surface area contributed by atoms with E-state index in [9.17, 15) is 14.7 Å². The topological polar surface area (TPSA) is 90.7 Å². The fourth-order valence-electron chi connectivity index (χ4n) is 4.66. The first-order valence-electron chi connectivity index (χ1n) is 12.7. The number of aromatic nitrogens is 2. The number of hydrogen-bond donors (Lipinski definition) is 2. The lowest BCUT2D eigenvalue weighted by Gasteiger charge is -2.32. The molecule has 196 valence electrons. The maximum Gasteiger partial charge on any atom is 0.335 e. The van der Waals surface area contributed by atoms with Crippen LogP contribution in [0.4, 0.5) is 4.79 Å². The minimum absolute atomic E-state index is 0.0775. The van der Waals surface area contributed by atoms with Gasteiger partial charge in [0.1, 0.15) is 0 Å². The van der Waals surface area contributed by atoms with Crippen molar-refractivity contribution in [2.24, 2.45) is 0 Å². The van der Waals surface area contributed by atoms with Gasteiger partial charge in [-0.3, -0.25) is 0 Å². The van der Waals surface area contributed by atoms with Crippen LogP contribution in [-0.4, -0.2) is 69.7 Å². The number of hydrogen-bond acceptors (Lipinski definition) is 5. The van der Waals surface area contributed by atoms with Crippen LogP contribution in [0.2, 0.25) is 0 Å². The number of nitrogens with one attached hydrogen (secondary N) is 1. The van der Waals surface area contributed by atoms with E-state index in [2.05, 4.69) is 52.2 Å². The van der Waals surface area contributed by atoms with Crippen molar-refractivity contribution in [3.63, 3.8) is 0 Å². The molecule has 4 aromatic rings. The lowest BCUT2D eigenvalue weighted by atomic mass is 10.0. The number of thioether (sulfide) groups is 1. The van der Waals surface area contributed by atoms with Gasteiger partial charge in [-0.25, -0.2) is 14.6 Å². The molecule has 1 aliphatic heterocycles. The monoisotopic (exact) mass is 529 g/mol. The Morgan fingerprint density at radius 2 is 1.66 bits per heavy atom. The molecule has 0 bridgehead atoms. The summed E-state index contributed by atoms with van der Waals surface area (Å²) in [5, 5.41) is 15.7. The van der Waals surface area contributed by atoms with E-state index in [1.165, 1.54) is 28.1 Å². The lowest BCUT2D eigenvalue weighted by Crippen LogP contribution is -2.50. The van der Waals surface area contributed by atoms with Gasteiger partial charge in [-0.15, -0.1) is 0 Å². The van der Waals surface area contributed by atoms with Crippen molar-refractivity contribution in [2.75, 3.05) is 33.2 Å². The molecule has 38 heavy (non-hydrogen) atoms. The highest BCUT2D eigenvalue weighted by molar-refractivity contribution is 7.98. The molecule has 2 heterocycles. The molecule has 0 radical (unpaired) electrons. The van der Waals surface area contributed by atoms with Crippen molar-refractivity contribution in [2.45, 2.75) is 24.0 Å². The van der Waals surface area contributed by atoms with Crippen molar-refractivity contribution in [3.05, 3.63) is 95.3 Å². The number of carboxylic acids is 1. The molecule has 2 amide bonds. The van der Waals surface area contributed by atoms with Crippen LogP contribution in [0.1, 0.15) is 27.2 Å². The molecular weight excluding hydrogens is 498 g/mol. The Bertz CT molecular complexity index is 1440. The van der Waals surface area contributed by atoms with Crippen molar-refractivity contribution in [1.29, 1.82) is 0 Å². The molecule has 2 N–H and O–H groups in total. The summed E-state index contributed by atoms with van der Waals surface area (Å²) < 4.78 is 2.09. The minimum atomic E-state index is -0.937. The number of carbonyl (C=O) groups excluding carboxylic acids is 1. The van der Waals surface area contributed by atoms with Gasteiger partial charge in [0.15, 0.2) is 5.16 Å². The number of likely N-dealkylation sites (N-methyl/N-ethyl adjacent to an activating group) is 1. The van der Waals surface area contributed by atoms with Gasteiger partial charge in [-0.05, 0) is 35.0 Å². The zero-order chi connectivity index (χ0) is 26.5. The molecule has 1 aromatic heterocycles. The first kappa shape index (κ1) is 25.8. The van der Waals surface area contributed by atoms with Gasteiger partial charge >= 0.3 is 12.0 Å². The normalized spacial score (nSPS) is 14.1. The highest BCUT2D eigenvalue weighted by Crippen LogP contribution is 2.27. The molecule has 0 aliphatic carbocycles. The second-order valence-electron chi connectivity index (χ2n) is 9.48. The van der Waals surface area contributed by atoms with E-state index in [1.54, 1.807) is 12.1 Å². The number of rotatable bonds is 8. The predicted octanol–water partition coefficient (Wildman–Crippen LogP) is 4.53. The summed E-state index contributed by atoms with van der Waals surface area (Å²) in [5.41, 5.74) is 2.98. The molecule has 1 aliphatic rings. The van der Waals surface area contributed by atoms with Gasteiger partial charge < -0.3 is 24.8 Å². The van der Waals surface area contributed by atoms with Gasteiger partial charge in [0, 0.05) is 38.1 Å². The first-order valence-corrected chi connectivity index (χ1v) is 13.6. The van der Waals surface area contributed by atoms with E-state index >= 15 is 0 Å². The maximum atomic E-state index is 12.7. The summed E-state index contributed by atoms with van der Waals surface area (Å²) >= 11 is 1.50. The quantitative estimate of drug-likeness (QED) is 0.326. The van der Waals surface area contributed by atoms with Crippen molar-refractivity contribution in [1.82, 2.24) is 24.7 Å².